The van der Waals surface area contributed by atoms with Crippen molar-refractivity contribution in [1.82, 2.24) is 10.6 Å². The molecule has 0 aliphatic rings. The third-order valence-corrected chi connectivity index (χ3v) is 4.93. The van der Waals surface area contributed by atoms with Crippen LogP contribution in [0.15, 0.2) is 40.2 Å². The molecule has 0 aliphatic heterocycles. The lowest BCUT2D eigenvalue weighted by Gasteiger charge is -2.22. The third kappa shape index (κ3) is 6.05. The number of guanidine groups is 1. The standard InChI is InChI=1S/C16H27N3O2S/c1-5-14(19-16(17-6-2)18-13(3)4)12-22(20,21)15-10-8-7-9-11-15/h7-11,13-14H,5-6,12H2,1-4H3,(H2,17,18,19). The van der Waals surface area contributed by atoms with E-state index in [0.717, 1.165) is 0 Å². The van der Waals surface area contributed by atoms with Gasteiger partial charge in [0.1, 0.15) is 0 Å². The third-order valence-electron chi connectivity index (χ3n) is 3.10. The monoisotopic (exact) mass is 325 g/mol. The van der Waals surface area contributed by atoms with Crippen molar-refractivity contribution in [2.24, 2.45) is 4.99 Å². The molecule has 0 radical (unpaired) electrons. The zero-order valence-corrected chi connectivity index (χ0v) is 14.7. The van der Waals surface area contributed by atoms with Crippen molar-refractivity contribution >= 4 is 15.8 Å². The number of nitrogens with one attached hydrogen (secondary N) is 2. The van der Waals surface area contributed by atoms with Crippen molar-refractivity contribution in [3.05, 3.63) is 30.3 Å². The van der Waals surface area contributed by atoms with Gasteiger partial charge in [0, 0.05) is 18.6 Å². The van der Waals surface area contributed by atoms with E-state index >= 15 is 0 Å². The summed E-state index contributed by atoms with van der Waals surface area (Å²) < 4.78 is 24.9. The van der Waals surface area contributed by atoms with Gasteiger partial charge in [0.15, 0.2) is 15.8 Å². The average molecular weight is 325 g/mol. The molecular formula is C16H27N3O2S. The Hall–Kier alpha value is -1.56. The van der Waals surface area contributed by atoms with Crippen LogP contribution in [-0.4, -0.2) is 38.8 Å². The van der Waals surface area contributed by atoms with Crippen molar-refractivity contribution in [2.45, 2.75) is 51.1 Å². The van der Waals surface area contributed by atoms with Crippen molar-refractivity contribution < 1.29 is 8.42 Å². The molecule has 1 unspecified atom stereocenters. The second-order valence-corrected chi connectivity index (χ2v) is 7.50. The van der Waals surface area contributed by atoms with E-state index in [1.54, 1.807) is 24.3 Å². The van der Waals surface area contributed by atoms with E-state index < -0.39 is 9.84 Å². The summed E-state index contributed by atoms with van der Waals surface area (Å²) in [5.41, 5.74) is 0. The lowest BCUT2D eigenvalue weighted by atomic mass is 10.2. The molecule has 0 saturated carbocycles. The first-order chi connectivity index (χ1) is 10.4. The van der Waals surface area contributed by atoms with E-state index in [1.807, 2.05) is 33.8 Å². The van der Waals surface area contributed by atoms with E-state index in [-0.39, 0.29) is 17.8 Å². The van der Waals surface area contributed by atoms with E-state index in [2.05, 4.69) is 15.6 Å². The maximum absolute atomic E-state index is 12.5. The Bertz CT molecular complexity index is 568. The Morgan fingerprint density at radius 3 is 2.27 bits per heavy atom. The van der Waals surface area contributed by atoms with Gasteiger partial charge < -0.3 is 10.6 Å². The lowest BCUT2D eigenvalue weighted by Crippen LogP contribution is -2.48. The van der Waals surface area contributed by atoms with Crippen LogP contribution >= 0.6 is 0 Å². The average Bonchev–Trinajstić information content (AvgIpc) is 2.47. The highest BCUT2D eigenvalue weighted by atomic mass is 32.2. The predicted molar refractivity (Wildman–Crippen MR) is 92.0 cm³/mol. The molecular weight excluding hydrogens is 298 g/mol. The Labute approximate surface area is 134 Å². The first-order valence-electron chi connectivity index (χ1n) is 7.74. The molecule has 1 rings (SSSR count). The zero-order valence-electron chi connectivity index (χ0n) is 13.8. The number of aliphatic imine (C=N–C) groups is 1. The minimum absolute atomic E-state index is 0.0516. The molecule has 0 spiro atoms. The molecule has 2 N–H and O–H groups in total. The summed E-state index contributed by atoms with van der Waals surface area (Å²) in [6, 6.07) is 8.62. The van der Waals surface area contributed by atoms with Gasteiger partial charge >= 0.3 is 0 Å². The summed E-state index contributed by atoms with van der Waals surface area (Å²) in [6.45, 7) is 8.61. The number of rotatable bonds is 7. The SMILES string of the molecule is CCN=C(NC(C)C)NC(CC)CS(=O)(=O)c1ccccc1. The second kappa shape index (κ2) is 8.78. The van der Waals surface area contributed by atoms with Crippen molar-refractivity contribution in [3.8, 4) is 0 Å². The van der Waals surface area contributed by atoms with Crippen molar-refractivity contribution in [1.29, 1.82) is 0 Å². The van der Waals surface area contributed by atoms with Gasteiger partial charge in [-0.3, -0.25) is 4.99 Å². The smallest absolute Gasteiger partial charge is 0.191 e. The minimum atomic E-state index is -3.31. The molecule has 0 aliphatic carbocycles. The summed E-state index contributed by atoms with van der Waals surface area (Å²) in [6.07, 6.45) is 0.703. The van der Waals surface area contributed by atoms with E-state index in [9.17, 15) is 8.42 Å². The Morgan fingerprint density at radius 2 is 1.77 bits per heavy atom. The van der Waals surface area contributed by atoms with Gasteiger partial charge in [-0.1, -0.05) is 25.1 Å². The van der Waals surface area contributed by atoms with Gasteiger partial charge in [-0.05, 0) is 39.3 Å². The van der Waals surface area contributed by atoms with Crippen LogP contribution in [-0.2, 0) is 9.84 Å². The number of benzene rings is 1. The van der Waals surface area contributed by atoms with E-state index in [0.29, 0.717) is 23.8 Å². The highest BCUT2D eigenvalue weighted by molar-refractivity contribution is 7.91. The first-order valence-corrected chi connectivity index (χ1v) is 9.39. The maximum atomic E-state index is 12.5. The Balaban J connectivity index is 2.82. The molecule has 6 heteroatoms. The molecule has 0 amide bonds. The number of nitrogens with zero attached hydrogens (tertiary/aromatic N) is 1. The fourth-order valence-corrected chi connectivity index (χ4v) is 3.62. The topological polar surface area (TPSA) is 70.6 Å². The van der Waals surface area contributed by atoms with Crippen LogP contribution in [0.5, 0.6) is 0 Å². The maximum Gasteiger partial charge on any atom is 0.191 e. The molecule has 1 atom stereocenters. The van der Waals surface area contributed by atoms with Crippen molar-refractivity contribution in [2.75, 3.05) is 12.3 Å². The largest absolute Gasteiger partial charge is 0.354 e. The van der Waals surface area contributed by atoms with Crippen molar-refractivity contribution in [3.63, 3.8) is 0 Å². The summed E-state index contributed by atoms with van der Waals surface area (Å²) >= 11 is 0. The molecule has 1 aromatic rings. The van der Waals surface area contributed by atoms with Crippen LogP contribution < -0.4 is 10.6 Å². The Morgan fingerprint density at radius 1 is 1.14 bits per heavy atom. The summed E-state index contributed by atoms with van der Waals surface area (Å²) in [5.74, 6) is 0.711. The summed E-state index contributed by atoms with van der Waals surface area (Å²) in [4.78, 5) is 4.72. The summed E-state index contributed by atoms with van der Waals surface area (Å²) in [7, 11) is -3.31. The molecule has 0 saturated heterocycles. The van der Waals surface area contributed by atoms with Gasteiger partial charge in [-0.15, -0.1) is 0 Å². The van der Waals surface area contributed by atoms with Crippen LogP contribution in [0.4, 0.5) is 0 Å². The predicted octanol–water partition coefficient (Wildman–Crippen LogP) is 2.20. The lowest BCUT2D eigenvalue weighted by molar-refractivity contribution is 0.565. The number of hydrogen-bond donors (Lipinski definition) is 2. The molecule has 1 aromatic carbocycles. The fourth-order valence-electron chi connectivity index (χ4n) is 2.01. The second-order valence-electron chi connectivity index (χ2n) is 5.47. The van der Waals surface area contributed by atoms with Crippen LogP contribution in [0.1, 0.15) is 34.1 Å². The van der Waals surface area contributed by atoms with Gasteiger partial charge in [-0.25, -0.2) is 8.42 Å². The number of sulfone groups is 1. The van der Waals surface area contributed by atoms with Gasteiger partial charge in [-0.2, -0.15) is 0 Å². The minimum Gasteiger partial charge on any atom is -0.354 e. The summed E-state index contributed by atoms with van der Waals surface area (Å²) in [5, 5.41) is 6.44. The van der Waals surface area contributed by atoms with Gasteiger partial charge in [0.05, 0.1) is 10.6 Å². The Kier molecular flexibility index (Phi) is 7.38. The van der Waals surface area contributed by atoms with Crippen LogP contribution in [0.25, 0.3) is 0 Å². The van der Waals surface area contributed by atoms with Crippen LogP contribution in [0.3, 0.4) is 0 Å². The molecule has 124 valence electrons. The molecule has 0 heterocycles. The first kappa shape index (κ1) is 18.5. The highest BCUT2D eigenvalue weighted by Crippen LogP contribution is 2.12. The highest BCUT2D eigenvalue weighted by Gasteiger charge is 2.21. The van der Waals surface area contributed by atoms with E-state index in [4.69, 9.17) is 0 Å². The fraction of sp³-hybridized carbons (Fsp3) is 0.562. The van der Waals surface area contributed by atoms with Gasteiger partial charge in [0.25, 0.3) is 0 Å². The molecule has 5 nitrogen and oxygen atoms in total. The molecule has 0 bridgehead atoms. The quantitative estimate of drug-likeness (QED) is 0.595. The van der Waals surface area contributed by atoms with E-state index in [1.165, 1.54) is 0 Å². The zero-order chi connectivity index (χ0) is 16.6. The van der Waals surface area contributed by atoms with Gasteiger partial charge in [0.2, 0.25) is 0 Å². The molecule has 0 fully saturated rings. The number of hydrogen-bond acceptors (Lipinski definition) is 3. The molecule has 0 aromatic heterocycles. The normalized spacial score (nSPS) is 14.0. The van der Waals surface area contributed by atoms with Crippen LogP contribution in [0.2, 0.25) is 0 Å². The molecule has 22 heavy (non-hydrogen) atoms. The van der Waals surface area contributed by atoms with Crippen LogP contribution in [0, 0.1) is 0 Å².